The Balaban J connectivity index is 1.41. The Morgan fingerprint density at radius 2 is 1.90 bits per heavy atom. The third-order valence-corrected chi connectivity index (χ3v) is 6.52. The molecule has 0 radical (unpaired) electrons. The zero-order valence-electron chi connectivity index (χ0n) is 17.1. The normalized spacial score (nSPS) is 17.3. The largest absolute Gasteiger partial charge is 0.355 e. The summed E-state index contributed by atoms with van der Waals surface area (Å²) in [6, 6.07) is 13.4. The van der Waals surface area contributed by atoms with E-state index in [0.29, 0.717) is 6.04 Å². The second-order valence-corrected chi connectivity index (χ2v) is 8.24. The maximum absolute atomic E-state index is 9.71. The van der Waals surface area contributed by atoms with Crippen molar-refractivity contribution < 1.29 is 0 Å². The van der Waals surface area contributed by atoms with Crippen LogP contribution in [0.5, 0.6) is 0 Å². The van der Waals surface area contributed by atoms with Crippen LogP contribution in [0.1, 0.15) is 61.3 Å². The lowest BCUT2D eigenvalue weighted by molar-refractivity contribution is 0.393. The van der Waals surface area contributed by atoms with Crippen molar-refractivity contribution >= 4 is 16.9 Å². The number of aryl methyl sites for hydroxylation is 3. The van der Waals surface area contributed by atoms with Crippen LogP contribution in [-0.4, -0.2) is 27.6 Å². The molecule has 5 rings (SSSR count). The van der Waals surface area contributed by atoms with Crippen molar-refractivity contribution in [1.29, 1.82) is 5.26 Å². The van der Waals surface area contributed by atoms with Gasteiger partial charge in [0, 0.05) is 31.2 Å². The van der Waals surface area contributed by atoms with Crippen molar-refractivity contribution in [3.63, 3.8) is 0 Å². The Bertz CT molecular complexity index is 1080. The summed E-state index contributed by atoms with van der Waals surface area (Å²) < 4.78 is 2.46. The van der Waals surface area contributed by atoms with Gasteiger partial charge in [0.05, 0.1) is 16.6 Å². The highest BCUT2D eigenvalue weighted by Crippen LogP contribution is 2.33. The molecule has 148 valence electrons. The SMILES string of the molecule is CCc1nc2ccccc2n1C1CCN(c2nc3c(cc2C#N)CCCC3)CC1. The number of anilines is 1. The average Bonchev–Trinajstić information content (AvgIpc) is 3.17. The van der Waals surface area contributed by atoms with Gasteiger partial charge in [-0.15, -0.1) is 0 Å². The summed E-state index contributed by atoms with van der Waals surface area (Å²) >= 11 is 0. The Morgan fingerprint density at radius 1 is 1.10 bits per heavy atom. The molecule has 29 heavy (non-hydrogen) atoms. The van der Waals surface area contributed by atoms with E-state index in [1.54, 1.807) is 0 Å². The molecule has 0 atom stereocenters. The summed E-state index contributed by atoms with van der Waals surface area (Å²) in [6.45, 7) is 4.05. The predicted molar refractivity (Wildman–Crippen MR) is 115 cm³/mol. The number of nitriles is 1. The van der Waals surface area contributed by atoms with E-state index in [0.717, 1.165) is 62.1 Å². The molecule has 3 heterocycles. The topological polar surface area (TPSA) is 57.7 Å². The van der Waals surface area contributed by atoms with Gasteiger partial charge in [-0.05, 0) is 62.3 Å². The van der Waals surface area contributed by atoms with Crippen molar-refractivity contribution in [1.82, 2.24) is 14.5 Å². The van der Waals surface area contributed by atoms with Gasteiger partial charge in [-0.1, -0.05) is 19.1 Å². The van der Waals surface area contributed by atoms with Crippen LogP contribution in [0.4, 0.5) is 5.82 Å². The number of pyridine rings is 1. The van der Waals surface area contributed by atoms with Gasteiger partial charge in [0.25, 0.3) is 0 Å². The number of hydrogen-bond acceptors (Lipinski definition) is 4. The molecular formula is C24H27N5. The smallest absolute Gasteiger partial charge is 0.146 e. The Hall–Kier alpha value is -2.87. The van der Waals surface area contributed by atoms with Crippen LogP contribution >= 0.6 is 0 Å². The van der Waals surface area contributed by atoms with E-state index in [1.165, 1.54) is 35.4 Å². The lowest BCUT2D eigenvalue weighted by atomic mass is 9.94. The van der Waals surface area contributed by atoms with Crippen LogP contribution in [-0.2, 0) is 19.3 Å². The maximum atomic E-state index is 9.71. The average molecular weight is 386 g/mol. The lowest BCUT2D eigenvalue weighted by Crippen LogP contribution is -2.36. The fourth-order valence-corrected chi connectivity index (χ4v) is 5.03. The first kappa shape index (κ1) is 18.2. The van der Waals surface area contributed by atoms with Crippen molar-refractivity contribution in [2.75, 3.05) is 18.0 Å². The number of fused-ring (bicyclic) bond motifs is 2. The van der Waals surface area contributed by atoms with Crippen LogP contribution in [0.2, 0.25) is 0 Å². The number of piperidine rings is 1. The number of aromatic nitrogens is 3. The molecule has 5 nitrogen and oxygen atoms in total. The Morgan fingerprint density at radius 3 is 2.69 bits per heavy atom. The molecule has 0 saturated carbocycles. The third kappa shape index (κ3) is 3.17. The number of nitrogens with zero attached hydrogens (tertiary/aromatic N) is 5. The molecule has 1 saturated heterocycles. The molecule has 0 unspecified atom stereocenters. The van der Waals surface area contributed by atoms with Gasteiger partial charge in [-0.3, -0.25) is 0 Å². The predicted octanol–water partition coefficient (Wildman–Crippen LogP) is 4.59. The molecule has 0 bridgehead atoms. The first-order valence-corrected chi connectivity index (χ1v) is 10.9. The molecule has 5 heteroatoms. The molecule has 0 spiro atoms. The first-order chi connectivity index (χ1) is 14.3. The van der Waals surface area contributed by atoms with Gasteiger partial charge in [0.15, 0.2) is 0 Å². The summed E-state index contributed by atoms with van der Waals surface area (Å²) in [7, 11) is 0. The van der Waals surface area contributed by atoms with E-state index in [-0.39, 0.29) is 0 Å². The molecule has 1 fully saturated rings. The fourth-order valence-electron chi connectivity index (χ4n) is 5.03. The minimum atomic E-state index is 0.455. The maximum Gasteiger partial charge on any atom is 0.146 e. The highest BCUT2D eigenvalue weighted by molar-refractivity contribution is 5.76. The lowest BCUT2D eigenvalue weighted by Gasteiger charge is -2.35. The number of benzene rings is 1. The van der Waals surface area contributed by atoms with Gasteiger partial charge >= 0.3 is 0 Å². The summed E-state index contributed by atoms with van der Waals surface area (Å²) in [5.41, 5.74) is 5.57. The molecule has 1 aliphatic carbocycles. The highest BCUT2D eigenvalue weighted by atomic mass is 15.2. The van der Waals surface area contributed by atoms with Gasteiger partial charge in [-0.25, -0.2) is 9.97 Å². The van der Waals surface area contributed by atoms with E-state index in [2.05, 4.69) is 52.8 Å². The molecule has 2 aromatic heterocycles. The Labute approximate surface area is 172 Å². The minimum absolute atomic E-state index is 0.455. The molecule has 2 aliphatic rings. The van der Waals surface area contributed by atoms with Gasteiger partial charge < -0.3 is 9.47 Å². The zero-order chi connectivity index (χ0) is 19.8. The van der Waals surface area contributed by atoms with E-state index in [1.807, 2.05) is 0 Å². The van der Waals surface area contributed by atoms with Crippen LogP contribution < -0.4 is 4.90 Å². The fraction of sp³-hybridized carbons (Fsp3) is 0.458. The molecule has 1 aliphatic heterocycles. The van der Waals surface area contributed by atoms with Crippen LogP contribution in [0.3, 0.4) is 0 Å². The highest BCUT2D eigenvalue weighted by Gasteiger charge is 2.27. The summed E-state index contributed by atoms with van der Waals surface area (Å²) in [4.78, 5) is 12.1. The number of rotatable bonds is 3. The van der Waals surface area contributed by atoms with Crippen LogP contribution in [0.15, 0.2) is 30.3 Å². The van der Waals surface area contributed by atoms with E-state index in [4.69, 9.17) is 9.97 Å². The van der Waals surface area contributed by atoms with Crippen molar-refractivity contribution in [3.05, 3.63) is 53.0 Å². The van der Waals surface area contributed by atoms with Gasteiger partial charge in [0.2, 0.25) is 0 Å². The van der Waals surface area contributed by atoms with Gasteiger partial charge in [0.1, 0.15) is 17.7 Å². The number of hydrogen-bond donors (Lipinski definition) is 0. The minimum Gasteiger partial charge on any atom is -0.355 e. The molecule has 1 aromatic carbocycles. The van der Waals surface area contributed by atoms with Crippen molar-refractivity contribution in [2.24, 2.45) is 0 Å². The standard InChI is InChI=1S/C24H27N5/c1-2-23-26-21-9-5-6-10-22(21)29(23)19-11-13-28(14-12-19)24-18(16-25)15-17-7-3-4-8-20(17)27-24/h5-6,9-10,15,19H,2-4,7-8,11-14H2,1H3. The van der Waals surface area contributed by atoms with E-state index < -0.39 is 0 Å². The van der Waals surface area contributed by atoms with E-state index in [9.17, 15) is 5.26 Å². The van der Waals surface area contributed by atoms with Crippen LogP contribution in [0.25, 0.3) is 11.0 Å². The molecular weight excluding hydrogens is 358 g/mol. The summed E-state index contributed by atoms with van der Waals surface area (Å²) in [5, 5.41) is 9.71. The number of imidazole rings is 1. The third-order valence-electron chi connectivity index (χ3n) is 6.52. The zero-order valence-corrected chi connectivity index (χ0v) is 17.1. The summed E-state index contributed by atoms with van der Waals surface area (Å²) in [5.74, 6) is 2.08. The monoisotopic (exact) mass is 385 g/mol. The van der Waals surface area contributed by atoms with Gasteiger partial charge in [-0.2, -0.15) is 5.26 Å². The quantitative estimate of drug-likeness (QED) is 0.662. The van der Waals surface area contributed by atoms with Crippen LogP contribution in [0, 0.1) is 11.3 Å². The Kier molecular flexibility index (Phi) is 4.71. The van der Waals surface area contributed by atoms with Crippen molar-refractivity contribution in [2.45, 2.75) is 57.9 Å². The second kappa shape index (κ2) is 7.51. The van der Waals surface area contributed by atoms with E-state index >= 15 is 0 Å². The van der Waals surface area contributed by atoms with Crippen molar-refractivity contribution in [3.8, 4) is 6.07 Å². The molecule has 3 aromatic rings. The molecule has 0 N–H and O–H groups in total. The molecule has 0 amide bonds. The summed E-state index contributed by atoms with van der Waals surface area (Å²) in [6.07, 6.45) is 7.58. The first-order valence-electron chi connectivity index (χ1n) is 10.9. The second-order valence-electron chi connectivity index (χ2n) is 8.24. The number of para-hydroxylation sites is 2.